The number of anilines is 1. The minimum absolute atomic E-state index is 0.0927. The predicted molar refractivity (Wildman–Crippen MR) is 112 cm³/mol. The lowest BCUT2D eigenvalue weighted by atomic mass is 10.1. The van der Waals surface area contributed by atoms with E-state index in [2.05, 4.69) is 0 Å². The standard InChI is InChI=1S/C23H22F3N3O3/c1-15(29-21(31)18-4-2-3-5-19(18)22(29)32)20(30)14-27-10-12-28(13-11-27)17-8-6-16(7-9-17)23(24,25)26/h2-9,15H,10-14H2,1H3. The van der Waals surface area contributed by atoms with Crippen molar-refractivity contribution in [1.29, 1.82) is 0 Å². The van der Waals surface area contributed by atoms with Crippen LogP contribution in [0.15, 0.2) is 48.5 Å². The largest absolute Gasteiger partial charge is 0.416 e. The third-order valence-corrected chi connectivity index (χ3v) is 5.99. The summed E-state index contributed by atoms with van der Waals surface area (Å²) in [6.45, 7) is 3.85. The summed E-state index contributed by atoms with van der Waals surface area (Å²) in [7, 11) is 0. The molecule has 1 saturated heterocycles. The van der Waals surface area contributed by atoms with Crippen LogP contribution in [0.25, 0.3) is 0 Å². The van der Waals surface area contributed by atoms with Crippen LogP contribution < -0.4 is 4.90 Å². The van der Waals surface area contributed by atoms with Crippen molar-refractivity contribution in [2.75, 3.05) is 37.6 Å². The Morgan fingerprint density at radius 3 is 1.94 bits per heavy atom. The quantitative estimate of drug-likeness (QED) is 0.662. The first-order valence-corrected chi connectivity index (χ1v) is 10.3. The SMILES string of the molecule is CC(C(=O)CN1CCN(c2ccc(C(F)(F)F)cc2)CC1)N1C(=O)c2ccccc2C1=O. The van der Waals surface area contributed by atoms with Crippen LogP contribution in [0.1, 0.15) is 33.2 Å². The van der Waals surface area contributed by atoms with Crippen LogP contribution in [0, 0.1) is 0 Å². The fraction of sp³-hybridized carbons (Fsp3) is 0.348. The first-order chi connectivity index (χ1) is 15.2. The molecule has 0 radical (unpaired) electrons. The number of rotatable bonds is 5. The molecule has 9 heteroatoms. The number of nitrogens with zero attached hydrogens (tertiary/aromatic N) is 3. The number of Topliss-reactive ketones (excluding diaryl/α,β-unsaturated/α-hetero) is 1. The molecule has 32 heavy (non-hydrogen) atoms. The molecule has 0 saturated carbocycles. The molecule has 168 valence electrons. The Morgan fingerprint density at radius 1 is 0.906 bits per heavy atom. The Labute approximate surface area is 183 Å². The van der Waals surface area contributed by atoms with Crippen LogP contribution in [0.3, 0.4) is 0 Å². The van der Waals surface area contributed by atoms with Gasteiger partial charge in [-0.3, -0.25) is 24.2 Å². The highest BCUT2D eigenvalue weighted by Gasteiger charge is 2.40. The first-order valence-electron chi connectivity index (χ1n) is 10.3. The van der Waals surface area contributed by atoms with Gasteiger partial charge in [-0.1, -0.05) is 12.1 Å². The van der Waals surface area contributed by atoms with E-state index < -0.39 is 29.6 Å². The lowest BCUT2D eigenvalue weighted by Crippen LogP contribution is -2.51. The molecule has 0 spiro atoms. The van der Waals surface area contributed by atoms with Gasteiger partial charge in [-0.2, -0.15) is 13.2 Å². The summed E-state index contributed by atoms with van der Waals surface area (Å²) in [5, 5.41) is 0. The van der Waals surface area contributed by atoms with Gasteiger partial charge in [0.05, 0.1) is 29.3 Å². The number of benzene rings is 2. The number of piperazine rings is 1. The van der Waals surface area contributed by atoms with Crippen molar-refractivity contribution in [3.63, 3.8) is 0 Å². The average Bonchev–Trinajstić information content (AvgIpc) is 3.03. The van der Waals surface area contributed by atoms with Gasteiger partial charge in [-0.25, -0.2) is 0 Å². The lowest BCUT2D eigenvalue weighted by molar-refractivity contribution is -0.137. The van der Waals surface area contributed by atoms with Crippen LogP contribution in [0.5, 0.6) is 0 Å². The van der Waals surface area contributed by atoms with Crippen molar-refractivity contribution in [2.24, 2.45) is 0 Å². The molecule has 0 aliphatic carbocycles. The van der Waals surface area contributed by atoms with E-state index >= 15 is 0 Å². The van der Waals surface area contributed by atoms with Gasteiger partial charge < -0.3 is 4.90 Å². The maximum Gasteiger partial charge on any atom is 0.416 e. The molecule has 1 fully saturated rings. The van der Waals surface area contributed by atoms with Crippen LogP contribution in [-0.2, 0) is 11.0 Å². The molecule has 0 N–H and O–H groups in total. The molecule has 2 aliphatic heterocycles. The van der Waals surface area contributed by atoms with Gasteiger partial charge in [-0.05, 0) is 43.3 Å². The number of ketones is 1. The van der Waals surface area contributed by atoms with E-state index in [9.17, 15) is 27.6 Å². The summed E-state index contributed by atoms with van der Waals surface area (Å²) < 4.78 is 38.2. The average molecular weight is 445 g/mol. The lowest BCUT2D eigenvalue weighted by Gasteiger charge is -2.36. The molecule has 2 aliphatic rings. The number of halogens is 3. The Balaban J connectivity index is 1.33. The zero-order chi connectivity index (χ0) is 23.0. The van der Waals surface area contributed by atoms with Crippen molar-refractivity contribution in [2.45, 2.75) is 19.1 Å². The number of hydrogen-bond acceptors (Lipinski definition) is 5. The number of imide groups is 1. The molecule has 2 heterocycles. The van der Waals surface area contributed by atoms with Gasteiger partial charge in [0, 0.05) is 31.9 Å². The molecular weight excluding hydrogens is 423 g/mol. The molecule has 1 unspecified atom stereocenters. The van der Waals surface area contributed by atoms with Crippen molar-refractivity contribution in [3.05, 3.63) is 65.2 Å². The normalized spacial score (nSPS) is 18.1. The minimum Gasteiger partial charge on any atom is -0.369 e. The van der Waals surface area contributed by atoms with E-state index in [0.717, 1.165) is 17.0 Å². The summed E-state index contributed by atoms with van der Waals surface area (Å²) in [5.41, 5.74) is 0.626. The highest BCUT2D eigenvalue weighted by atomic mass is 19.4. The van der Waals surface area contributed by atoms with Crippen molar-refractivity contribution in [1.82, 2.24) is 9.80 Å². The number of alkyl halides is 3. The van der Waals surface area contributed by atoms with Gasteiger partial charge in [0.1, 0.15) is 0 Å². The fourth-order valence-corrected chi connectivity index (χ4v) is 4.08. The molecule has 4 rings (SSSR count). The molecule has 1 atom stereocenters. The van der Waals surface area contributed by atoms with Crippen LogP contribution >= 0.6 is 0 Å². The molecule has 2 aromatic rings. The van der Waals surface area contributed by atoms with E-state index in [0.29, 0.717) is 43.0 Å². The maximum atomic E-state index is 12.8. The van der Waals surface area contributed by atoms with Crippen molar-refractivity contribution in [3.8, 4) is 0 Å². The van der Waals surface area contributed by atoms with Gasteiger partial charge >= 0.3 is 6.18 Å². The second-order valence-electron chi connectivity index (χ2n) is 7.98. The third-order valence-electron chi connectivity index (χ3n) is 5.99. The zero-order valence-corrected chi connectivity index (χ0v) is 17.4. The monoisotopic (exact) mass is 445 g/mol. The number of carbonyl (C=O) groups excluding carboxylic acids is 3. The second-order valence-corrected chi connectivity index (χ2v) is 7.98. The number of carbonyl (C=O) groups is 3. The Bertz CT molecular complexity index is 1010. The molecule has 0 aromatic heterocycles. The Kier molecular flexibility index (Phi) is 5.77. The molecule has 2 amide bonds. The van der Waals surface area contributed by atoms with E-state index in [4.69, 9.17) is 0 Å². The highest BCUT2D eigenvalue weighted by molar-refractivity contribution is 6.22. The maximum absolute atomic E-state index is 12.8. The number of amides is 2. The second kappa shape index (κ2) is 8.38. The number of fused-ring (bicyclic) bond motifs is 1. The van der Waals surface area contributed by atoms with E-state index in [1.165, 1.54) is 12.1 Å². The molecule has 6 nitrogen and oxygen atoms in total. The van der Waals surface area contributed by atoms with Crippen LogP contribution in [0.4, 0.5) is 18.9 Å². The first kappa shape index (κ1) is 22.0. The van der Waals surface area contributed by atoms with Gasteiger partial charge in [-0.15, -0.1) is 0 Å². The molecular formula is C23H22F3N3O3. The highest BCUT2D eigenvalue weighted by Crippen LogP contribution is 2.31. The molecule has 2 aromatic carbocycles. The summed E-state index contributed by atoms with van der Waals surface area (Å²) >= 11 is 0. The van der Waals surface area contributed by atoms with Crippen LogP contribution in [-0.4, -0.2) is 66.2 Å². The fourth-order valence-electron chi connectivity index (χ4n) is 4.08. The van der Waals surface area contributed by atoms with Crippen molar-refractivity contribution < 1.29 is 27.6 Å². The third kappa shape index (κ3) is 4.12. The topological polar surface area (TPSA) is 60.9 Å². The van der Waals surface area contributed by atoms with Crippen molar-refractivity contribution >= 4 is 23.3 Å². The molecule has 0 bridgehead atoms. The summed E-state index contributed by atoms with van der Waals surface area (Å²) in [5.74, 6) is -1.15. The number of hydrogen-bond donors (Lipinski definition) is 0. The van der Waals surface area contributed by atoms with Gasteiger partial charge in [0.15, 0.2) is 5.78 Å². The summed E-state index contributed by atoms with van der Waals surface area (Å²) in [6, 6.07) is 10.7. The van der Waals surface area contributed by atoms with Gasteiger partial charge in [0.2, 0.25) is 0 Å². The van der Waals surface area contributed by atoms with E-state index in [-0.39, 0.29) is 12.3 Å². The Hall–Kier alpha value is -3.20. The zero-order valence-electron chi connectivity index (χ0n) is 17.4. The Morgan fingerprint density at radius 2 is 1.44 bits per heavy atom. The van der Waals surface area contributed by atoms with Crippen LogP contribution in [0.2, 0.25) is 0 Å². The van der Waals surface area contributed by atoms with E-state index in [1.807, 2.05) is 9.80 Å². The predicted octanol–water partition coefficient (Wildman–Crippen LogP) is 3.08. The minimum atomic E-state index is -4.37. The van der Waals surface area contributed by atoms with Gasteiger partial charge in [0.25, 0.3) is 11.8 Å². The summed E-state index contributed by atoms with van der Waals surface area (Å²) in [6.07, 6.45) is -4.37. The summed E-state index contributed by atoms with van der Waals surface area (Å²) in [4.78, 5) is 42.9. The van der Waals surface area contributed by atoms with E-state index in [1.54, 1.807) is 31.2 Å². The smallest absolute Gasteiger partial charge is 0.369 e.